The van der Waals surface area contributed by atoms with E-state index < -0.39 is 12.1 Å². The van der Waals surface area contributed by atoms with E-state index in [0.29, 0.717) is 35.6 Å². The number of nitrogens with one attached hydrogen (secondary N) is 1. The second-order valence-electron chi connectivity index (χ2n) is 12.2. The van der Waals surface area contributed by atoms with Crippen molar-refractivity contribution in [2.45, 2.75) is 62.8 Å². The van der Waals surface area contributed by atoms with Gasteiger partial charge in [-0.3, -0.25) is 4.79 Å². The predicted molar refractivity (Wildman–Crippen MR) is 158 cm³/mol. The first kappa shape index (κ1) is 35.8. The largest absolute Gasteiger partial charge is 1.00 e. The van der Waals surface area contributed by atoms with Crippen molar-refractivity contribution >= 4 is 11.6 Å². The number of ether oxygens (including phenoxy) is 2. The van der Waals surface area contributed by atoms with Crippen LogP contribution in [-0.2, 0) is 0 Å². The first-order valence-corrected chi connectivity index (χ1v) is 15.6. The van der Waals surface area contributed by atoms with Gasteiger partial charge >= 0.3 is 6.18 Å². The molecule has 0 spiro atoms. The lowest BCUT2D eigenvalue weighted by molar-refractivity contribution is -0.638. The number of amides is 1. The number of quaternary nitrogens is 2. The van der Waals surface area contributed by atoms with Crippen molar-refractivity contribution in [3.05, 3.63) is 77.6 Å². The fourth-order valence-electron chi connectivity index (χ4n) is 6.64. The maximum absolute atomic E-state index is 13.7. The number of hydrogen-bond acceptors (Lipinski definition) is 3. The van der Waals surface area contributed by atoms with Crippen molar-refractivity contribution in [3.8, 4) is 22.6 Å². The predicted octanol–water partition coefficient (Wildman–Crippen LogP) is -0.982. The Hall–Kier alpha value is -3.05. The molecule has 0 radical (unpaired) electrons. The van der Waals surface area contributed by atoms with E-state index in [2.05, 4.69) is 16.0 Å². The average Bonchev–Trinajstić information content (AvgIpc) is 3.73. The van der Waals surface area contributed by atoms with E-state index in [1.165, 1.54) is 12.1 Å². The van der Waals surface area contributed by atoms with Crippen molar-refractivity contribution in [3.63, 3.8) is 0 Å². The minimum absolute atomic E-state index is 0. The first-order valence-electron chi connectivity index (χ1n) is 15.6. The highest BCUT2D eigenvalue weighted by Crippen LogP contribution is 2.45. The number of anilines is 1. The lowest BCUT2D eigenvalue weighted by Gasteiger charge is -2.31. The molecule has 250 valence electrons. The van der Waals surface area contributed by atoms with Crippen LogP contribution in [0.4, 0.5) is 23.2 Å². The van der Waals surface area contributed by atoms with Gasteiger partial charge in [0, 0.05) is 29.7 Å². The molecular weight excluding hydrogens is 645 g/mol. The zero-order chi connectivity index (χ0) is 30.7. The van der Waals surface area contributed by atoms with E-state index in [0.717, 1.165) is 55.7 Å². The average molecular weight is 685 g/mol. The van der Waals surface area contributed by atoms with Gasteiger partial charge in [0.1, 0.15) is 30.4 Å². The van der Waals surface area contributed by atoms with Crippen molar-refractivity contribution in [2.75, 3.05) is 31.5 Å². The van der Waals surface area contributed by atoms with Gasteiger partial charge in [-0.05, 0) is 91.3 Å². The second kappa shape index (κ2) is 15.7. The van der Waals surface area contributed by atoms with Crippen LogP contribution < -0.4 is 50.2 Å². The van der Waals surface area contributed by atoms with Gasteiger partial charge in [-0.25, -0.2) is 4.39 Å². The minimum atomic E-state index is -4.19. The van der Waals surface area contributed by atoms with E-state index >= 15 is 0 Å². The van der Waals surface area contributed by atoms with E-state index in [-0.39, 0.29) is 67.5 Å². The molecule has 3 aliphatic rings. The number of benzene rings is 3. The molecule has 1 amide bonds. The summed E-state index contributed by atoms with van der Waals surface area (Å²) in [6.07, 6.45) is -1.32. The minimum Gasteiger partial charge on any atom is -1.00 e. The van der Waals surface area contributed by atoms with Crippen LogP contribution in [0.15, 0.2) is 60.7 Å². The van der Waals surface area contributed by atoms with Crippen LogP contribution in [0.1, 0.15) is 60.4 Å². The fraction of sp³-hybridized carbons (Fsp3) is 0.441. The lowest BCUT2D eigenvalue weighted by atomic mass is 9.78. The topological polar surface area (TPSA) is 80.8 Å². The highest BCUT2D eigenvalue weighted by Gasteiger charge is 2.42. The van der Waals surface area contributed by atoms with Crippen LogP contribution in [0.2, 0.25) is 0 Å². The quantitative estimate of drug-likeness (QED) is 0.267. The van der Waals surface area contributed by atoms with Crippen molar-refractivity contribution in [1.82, 2.24) is 0 Å². The number of halogens is 6. The fourth-order valence-corrected chi connectivity index (χ4v) is 6.64. The molecule has 6 nitrogen and oxygen atoms in total. The lowest BCUT2D eigenvalue weighted by Crippen LogP contribution is -3.00. The Bertz CT molecular complexity index is 1450. The standard InChI is InChI=1S/C34H37F4N3O3.2ClH/c35-25-8-3-22(4-9-25)30-18-26(10-12-32(30)44-28-14-16-40-20-28)41-33(42)23-5-11-31(43-27-13-15-39-19-27)29(17-23)21-1-6-24(7-2-21)34(36,37)38;;/h3-5,8-12,17-18,21,24,27-28,39-40H,1-2,6-7,13-16,19-20H2,(H,41,42);2*1H/t21?,24?,27-,28-;;/m0../s1. The first-order chi connectivity index (χ1) is 21.2. The maximum Gasteiger partial charge on any atom is 0.391 e. The van der Waals surface area contributed by atoms with Crippen molar-refractivity contribution in [1.29, 1.82) is 0 Å². The summed E-state index contributed by atoms with van der Waals surface area (Å²) in [5.41, 5.74) is 3.27. The Morgan fingerprint density at radius 1 is 0.761 bits per heavy atom. The summed E-state index contributed by atoms with van der Waals surface area (Å²) in [6, 6.07) is 16.9. The zero-order valence-corrected chi connectivity index (χ0v) is 26.8. The Morgan fingerprint density at radius 3 is 1.96 bits per heavy atom. The van der Waals surface area contributed by atoms with Gasteiger partial charge in [-0.1, -0.05) is 12.1 Å². The van der Waals surface area contributed by atoms with Gasteiger partial charge in [0.25, 0.3) is 5.91 Å². The molecule has 0 aromatic heterocycles. The van der Waals surface area contributed by atoms with E-state index in [4.69, 9.17) is 9.47 Å². The normalized spacial score (nSPS) is 22.8. The molecule has 2 atom stereocenters. The number of carbonyl (C=O) groups is 1. The smallest absolute Gasteiger partial charge is 0.391 e. The third-order valence-corrected chi connectivity index (χ3v) is 9.13. The molecule has 2 saturated heterocycles. The summed E-state index contributed by atoms with van der Waals surface area (Å²) in [5.74, 6) is -0.754. The van der Waals surface area contributed by atoms with E-state index in [1.807, 2.05) is 12.1 Å². The Balaban J connectivity index is 0.00000240. The van der Waals surface area contributed by atoms with Gasteiger partial charge in [0.2, 0.25) is 0 Å². The number of nitrogens with two attached hydrogens (primary N) is 2. The number of hydrogen-bond donors (Lipinski definition) is 3. The van der Waals surface area contributed by atoms with E-state index in [9.17, 15) is 22.4 Å². The molecule has 2 heterocycles. The molecular formula is C34H39Cl2F4N3O3. The third-order valence-electron chi connectivity index (χ3n) is 9.13. The Morgan fingerprint density at radius 2 is 1.37 bits per heavy atom. The van der Waals surface area contributed by atoms with Crippen molar-refractivity contribution in [2.24, 2.45) is 5.92 Å². The molecule has 6 rings (SSSR count). The van der Waals surface area contributed by atoms with Crippen LogP contribution in [0.25, 0.3) is 11.1 Å². The zero-order valence-electron chi connectivity index (χ0n) is 25.3. The van der Waals surface area contributed by atoms with Gasteiger partial charge in [-0.15, -0.1) is 0 Å². The van der Waals surface area contributed by atoms with E-state index in [1.54, 1.807) is 36.4 Å². The van der Waals surface area contributed by atoms with Crippen LogP contribution >= 0.6 is 0 Å². The molecule has 12 heteroatoms. The van der Waals surface area contributed by atoms with Crippen LogP contribution in [0, 0.1) is 11.7 Å². The number of alkyl halides is 3. The molecule has 1 aliphatic carbocycles. The molecule has 3 fully saturated rings. The summed E-state index contributed by atoms with van der Waals surface area (Å²) in [7, 11) is 0. The SMILES string of the molecule is O=C(Nc1ccc(O[C@H]2CC[NH2+]C2)c(-c2ccc(F)cc2)c1)c1ccc(O[C@H]2CC[NH2+]C2)c(C2CCC(C(F)(F)F)CC2)c1.[Cl-].[Cl-]. The van der Waals surface area contributed by atoms with Crippen LogP contribution in [-0.4, -0.2) is 50.5 Å². The summed E-state index contributed by atoms with van der Waals surface area (Å²) in [5, 5.41) is 7.37. The molecule has 5 N–H and O–H groups in total. The molecule has 1 saturated carbocycles. The second-order valence-corrected chi connectivity index (χ2v) is 12.2. The van der Waals surface area contributed by atoms with Gasteiger partial charge in [0.15, 0.2) is 12.2 Å². The molecule has 3 aromatic carbocycles. The number of carbonyl (C=O) groups excluding carboxylic acids is 1. The molecule has 0 bridgehead atoms. The Labute approximate surface area is 278 Å². The molecule has 46 heavy (non-hydrogen) atoms. The number of rotatable bonds is 8. The highest BCUT2D eigenvalue weighted by molar-refractivity contribution is 6.05. The monoisotopic (exact) mass is 683 g/mol. The molecule has 3 aromatic rings. The summed E-state index contributed by atoms with van der Waals surface area (Å²) in [4.78, 5) is 13.6. The van der Waals surface area contributed by atoms with Gasteiger partial charge < -0.3 is 50.2 Å². The summed E-state index contributed by atoms with van der Waals surface area (Å²) < 4.78 is 66.4. The van der Waals surface area contributed by atoms with Crippen LogP contribution in [0.5, 0.6) is 11.5 Å². The Kier molecular flexibility index (Phi) is 12.2. The van der Waals surface area contributed by atoms with Crippen molar-refractivity contribution < 1.29 is 67.3 Å². The molecule has 2 aliphatic heterocycles. The third kappa shape index (κ3) is 8.64. The summed E-state index contributed by atoms with van der Waals surface area (Å²) in [6.45, 7) is 3.66. The molecule has 0 unspecified atom stereocenters. The highest BCUT2D eigenvalue weighted by atomic mass is 35.5. The van der Waals surface area contributed by atoms with Gasteiger partial charge in [0.05, 0.1) is 19.0 Å². The van der Waals surface area contributed by atoms with Crippen LogP contribution in [0.3, 0.4) is 0 Å². The maximum atomic E-state index is 13.7. The van der Waals surface area contributed by atoms with Gasteiger partial charge in [-0.2, -0.15) is 13.2 Å². The summed E-state index contributed by atoms with van der Waals surface area (Å²) >= 11 is 0.